The molecule has 2 aliphatic carbocycles. The van der Waals surface area contributed by atoms with Crippen molar-refractivity contribution in [2.24, 2.45) is 11.8 Å². The number of esters is 2. The van der Waals surface area contributed by atoms with Gasteiger partial charge in [-0.05, 0) is 140 Å². The third-order valence-electron chi connectivity index (χ3n) is 19.3. The fourth-order valence-electron chi connectivity index (χ4n) is 14.5. The van der Waals surface area contributed by atoms with Crippen LogP contribution in [0.2, 0.25) is 20.1 Å². The minimum absolute atomic E-state index is 0. The number of aldehydes is 1. The maximum Gasteiger partial charge on any atom is 2.00 e. The van der Waals surface area contributed by atoms with E-state index in [1.807, 2.05) is 52.9 Å². The van der Waals surface area contributed by atoms with E-state index in [0.29, 0.717) is 48.9 Å². The van der Waals surface area contributed by atoms with E-state index in [0.717, 1.165) is 52.1 Å². The summed E-state index contributed by atoms with van der Waals surface area (Å²) in [7, 11) is 2.34. The van der Waals surface area contributed by atoms with Gasteiger partial charge in [-0.3, -0.25) is 59.8 Å². The Labute approximate surface area is 661 Å². The Hall–Kier alpha value is -7.66. The van der Waals surface area contributed by atoms with E-state index in [4.69, 9.17) is 51.1 Å². The number of aliphatic hydroxyl groups is 1. The molecule has 2 spiro atoms. The first kappa shape index (κ1) is 84.0. The van der Waals surface area contributed by atoms with E-state index in [1.165, 1.54) is 92.7 Å². The number of nitro benzene ring substituents is 2. The molecule has 2 amide bonds. The molecule has 9 atom stereocenters. The molecular formula is C72H66Cl5F2IMgN8O17. The number of methoxy groups -OCH3 is 2. The summed E-state index contributed by atoms with van der Waals surface area (Å²) in [6, 6.07) is 32.8. The van der Waals surface area contributed by atoms with Crippen LogP contribution in [0.15, 0.2) is 140 Å². The number of benzene rings is 7. The fourth-order valence-corrected chi connectivity index (χ4v) is 15.7. The van der Waals surface area contributed by atoms with Gasteiger partial charge in [-0.2, -0.15) is 36.4 Å². The topological polar surface area (TPSA) is 336 Å². The number of nitrogens with one attached hydrogen (secondary N) is 2. The second kappa shape index (κ2) is 36.5. The van der Waals surface area contributed by atoms with Gasteiger partial charge in [0.05, 0.1) is 84.4 Å². The number of ether oxygens (including phenoxy) is 3. The first-order valence-corrected chi connectivity index (χ1v) is 35.3. The van der Waals surface area contributed by atoms with E-state index in [2.05, 4.69) is 26.2 Å². The molecule has 3 saturated heterocycles. The zero-order chi connectivity index (χ0) is 75.1. The number of aliphatic hydroxyl groups excluding tert-OH is 1. The molecule has 2 saturated carbocycles. The number of halogens is 8. The summed E-state index contributed by atoms with van der Waals surface area (Å²) in [6.45, 7) is 2.58. The van der Waals surface area contributed by atoms with Crippen molar-refractivity contribution >= 4 is 145 Å². The number of hydrogen-bond acceptors (Lipinski definition) is 19. The number of nitrogens with zero attached hydrogens (tertiary/aromatic N) is 6. The van der Waals surface area contributed by atoms with Crippen molar-refractivity contribution in [1.82, 2.24) is 9.80 Å². The van der Waals surface area contributed by atoms with Gasteiger partial charge < -0.3 is 47.2 Å². The van der Waals surface area contributed by atoms with Crippen LogP contribution in [-0.4, -0.2) is 152 Å². The van der Waals surface area contributed by atoms with Crippen LogP contribution >= 0.6 is 69.0 Å². The van der Waals surface area contributed by atoms with Crippen LogP contribution in [0.4, 0.5) is 31.5 Å². The van der Waals surface area contributed by atoms with Crippen molar-refractivity contribution in [3.63, 3.8) is 0 Å². The van der Waals surface area contributed by atoms with Gasteiger partial charge in [0.25, 0.3) is 23.2 Å². The van der Waals surface area contributed by atoms with Crippen LogP contribution in [0.5, 0.6) is 0 Å². The maximum absolute atomic E-state index is 15.9. The van der Waals surface area contributed by atoms with Gasteiger partial charge >= 0.3 is 35.0 Å². The van der Waals surface area contributed by atoms with E-state index in [1.54, 1.807) is 40.1 Å². The maximum atomic E-state index is 15.9. The Morgan fingerprint density at radius 1 is 0.660 bits per heavy atom. The number of rotatable bonds is 17. The van der Waals surface area contributed by atoms with Gasteiger partial charge in [-0.1, -0.05) is 82.8 Å². The quantitative estimate of drug-likeness (QED) is 0.0145. The predicted molar refractivity (Wildman–Crippen MR) is 393 cm³/mol. The molecule has 554 valence electrons. The number of nitro groups is 4. The Bertz CT molecular complexity index is 4450. The van der Waals surface area contributed by atoms with Crippen molar-refractivity contribution in [3.8, 4) is 0 Å². The van der Waals surface area contributed by atoms with Gasteiger partial charge in [0, 0.05) is 98.4 Å². The van der Waals surface area contributed by atoms with Crippen LogP contribution < -0.4 is 23.0 Å². The van der Waals surface area contributed by atoms with E-state index < -0.39 is 120 Å². The minimum Gasteiger partial charge on any atom is -1.00 e. The minimum atomic E-state index is -1.82. The molecule has 5 heterocycles. The van der Waals surface area contributed by atoms with Crippen molar-refractivity contribution in [1.29, 1.82) is 0 Å². The Morgan fingerprint density at radius 3 is 1.49 bits per heavy atom. The summed E-state index contributed by atoms with van der Waals surface area (Å²) in [6.07, 6.45) is 4.36. The van der Waals surface area contributed by atoms with Crippen molar-refractivity contribution in [3.05, 3.63) is 260 Å². The van der Waals surface area contributed by atoms with Gasteiger partial charge in [0.15, 0.2) is 0 Å². The largest absolute Gasteiger partial charge is 2.00 e. The second-order valence-electron chi connectivity index (χ2n) is 25.4. The molecule has 5 fully saturated rings. The molecule has 3 N–H and O–H groups in total. The van der Waals surface area contributed by atoms with Gasteiger partial charge in [0.2, 0.25) is 12.1 Å². The number of carbonyl (C=O) groups is 5. The first-order chi connectivity index (χ1) is 49.7. The average molecular weight is 1680 g/mol. The summed E-state index contributed by atoms with van der Waals surface area (Å²) in [4.78, 5) is 112. The third-order valence-corrected chi connectivity index (χ3v) is 21.2. The molecule has 7 aromatic rings. The number of carbonyl (C=O) groups excluding carboxylic acids is 5. The first-order valence-electron chi connectivity index (χ1n) is 32.7. The normalized spacial score (nSPS) is 22.4. The number of fused-ring (bicyclic) bond motifs is 4. The summed E-state index contributed by atoms with van der Waals surface area (Å²) in [5, 5.41) is 65.6. The van der Waals surface area contributed by atoms with Crippen molar-refractivity contribution < 1.29 is 84.2 Å². The summed E-state index contributed by atoms with van der Waals surface area (Å²) >= 11 is 26.5. The SMILES string of the molecule is C1CCOC1.COC(=O)c1ccc(C(O)C[C@H]2[C@@H]([N+](=O)[O-])[C@H](c3cccc(Cl)c3F)[C@]3(C(=O)Nc4cc(Cl)ccc43)N2CC2CC2)c([N+](=O)[O-])c1.COC(=O)c1ccc(I)c([N+](=O)[O-])c1.O=CC[C@H]1[C@@H]([N+](=O)[O-])[C@H](c2cccc(Cl)c2F)[C@]2(C(=O)Nc3cc(Cl)ccc32)N1CC1CC1.[Cl-].[Mg+2].[c-]1ccccc1. The zero-order valence-corrected chi connectivity index (χ0v) is 63.8. The predicted octanol–water partition coefficient (Wildman–Crippen LogP) is 10.9. The zero-order valence-electron chi connectivity index (χ0n) is 56.4. The molecule has 34 heteroatoms. The summed E-state index contributed by atoms with van der Waals surface area (Å²) in [5.41, 5.74) is -2.83. The molecule has 7 aromatic carbocycles. The van der Waals surface area contributed by atoms with Crippen molar-refractivity contribution in [2.45, 2.75) is 105 Å². The monoisotopic (exact) mass is 1680 g/mol. The van der Waals surface area contributed by atoms with E-state index in [9.17, 15) is 69.5 Å². The molecule has 1 unspecified atom stereocenters. The average Bonchev–Trinajstić information content (AvgIpc) is 1.53. The summed E-state index contributed by atoms with van der Waals surface area (Å²) < 4.78 is 45.9. The standard InChI is InChI=1S/C31H27Cl2FN4O8.C23H20Cl2FN3O4.C8H6INO4.C6H5.C4H8O.ClH.Mg/c1-46-29(40)16-7-9-18(23(11-16)37(42)43)25(39)13-24-28(38(44)45)26(19-3-2-4-21(33)27(19)34)31(36(24)14-15-5-6-15)20-10-8-17(32)12-22(20)35-30(31)41;24-13-6-7-15-17(10-13)27-22(31)23(15)19(14-2-1-3-16(25)20(14)26)21(29(32)33)18(8-9-30)28(23)11-12-4-5-12;1-14-8(11)5-2-3-6(9)7(4-5)10(12)13;1-2-4-6-5-3-1;1-2-4-5-3-1;;/h2-4,7-12,15,24-26,28,39H,5-6,13-14H2,1H3,(H,35,41);1-3,6-7,9-10,12,18-19,21H,4-5,8,11H2,(H,27,31);2-4H,1H3;1-5H;1-4H2;1H;/q;;;-1;;;+2/p-1/t24-,25?,26-,28+,31+;18-,19-,21+,23+;;;;;/m00...../s1. The van der Waals surface area contributed by atoms with Gasteiger partial charge in [-0.25, -0.2) is 18.4 Å². The molecule has 0 aromatic heterocycles. The molecule has 7 aliphatic rings. The number of anilines is 2. The Kier molecular flexibility index (Phi) is 28.9. The number of likely N-dealkylation sites (tertiary alicyclic amines) is 2. The van der Waals surface area contributed by atoms with Crippen LogP contribution in [0.1, 0.15) is 118 Å². The molecule has 0 radical (unpaired) electrons. The number of amides is 2. The molecule has 14 rings (SSSR count). The Morgan fingerprint density at radius 2 is 1.10 bits per heavy atom. The smallest absolute Gasteiger partial charge is 1.00 e. The fraction of sp³-hybridized carbons (Fsp3) is 0.347. The second-order valence-corrected chi connectivity index (χ2v) is 28.3. The Balaban J connectivity index is 0.000000203. The van der Waals surface area contributed by atoms with Crippen LogP contribution in [0.3, 0.4) is 0 Å². The van der Waals surface area contributed by atoms with Gasteiger partial charge in [0.1, 0.15) is 29.0 Å². The number of hydrogen-bond donors (Lipinski definition) is 3. The summed E-state index contributed by atoms with van der Waals surface area (Å²) in [5.74, 6) is -6.60. The van der Waals surface area contributed by atoms with E-state index >= 15 is 8.78 Å². The van der Waals surface area contributed by atoms with Crippen molar-refractivity contribution in [2.75, 3.05) is 51.2 Å². The molecule has 5 aliphatic heterocycles. The molecular weight excluding hydrogens is 1620 g/mol. The van der Waals surface area contributed by atoms with E-state index in [-0.39, 0.29) is 104 Å². The van der Waals surface area contributed by atoms with Gasteiger partial charge in [-0.15, -0.1) is 0 Å². The molecule has 25 nitrogen and oxygen atoms in total. The van der Waals surface area contributed by atoms with Crippen LogP contribution in [0.25, 0.3) is 0 Å². The van der Waals surface area contributed by atoms with Crippen LogP contribution in [-0.2, 0) is 39.7 Å². The van der Waals surface area contributed by atoms with Crippen LogP contribution in [0, 0.1) is 73.6 Å². The third kappa shape index (κ3) is 17.4. The molecule has 106 heavy (non-hydrogen) atoms. The molecule has 0 bridgehead atoms.